The highest BCUT2D eigenvalue weighted by Gasteiger charge is 2.26. The van der Waals surface area contributed by atoms with Gasteiger partial charge in [-0.2, -0.15) is 0 Å². The Morgan fingerprint density at radius 1 is 0.297 bits per heavy atom. The monoisotopic (exact) mass is 1440 g/mol. The van der Waals surface area contributed by atoms with Crippen LogP contribution in [-0.2, 0) is 32.7 Å². The average molecular weight is 1440 g/mol. The van der Waals surface area contributed by atoms with Gasteiger partial charge in [-0.15, -0.1) is 0 Å². The molecule has 0 aromatic heterocycles. The van der Waals surface area contributed by atoms with Gasteiger partial charge in [0.05, 0.1) is 13.2 Å². The normalized spacial score (nSPS) is 12.9. The Morgan fingerprint density at radius 3 is 0.762 bits per heavy atom. The van der Waals surface area contributed by atoms with E-state index in [4.69, 9.17) is 24.3 Å². The van der Waals surface area contributed by atoms with E-state index < -0.39 is 26.5 Å². The molecule has 10 heteroatoms. The number of ether oxygens (including phenoxy) is 2. The van der Waals surface area contributed by atoms with E-state index in [-0.39, 0.29) is 38.6 Å². The summed E-state index contributed by atoms with van der Waals surface area (Å²) in [4.78, 5) is 35.5. The minimum atomic E-state index is -4.40. The van der Waals surface area contributed by atoms with Gasteiger partial charge >= 0.3 is 19.8 Å². The van der Waals surface area contributed by atoms with Crippen molar-refractivity contribution in [2.24, 2.45) is 5.73 Å². The van der Waals surface area contributed by atoms with Crippen molar-refractivity contribution in [2.45, 2.75) is 508 Å². The third kappa shape index (κ3) is 87.0. The molecule has 0 saturated heterocycles. The average Bonchev–Trinajstić information content (AvgIpc) is 1.01. The van der Waals surface area contributed by atoms with Crippen molar-refractivity contribution < 1.29 is 37.6 Å². The first-order chi connectivity index (χ1) is 49.8. The molecule has 0 bridgehead atoms. The Balaban J connectivity index is 3.68. The molecule has 0 aliphatic carbocycles. The van der Waals surface area contributed by atoms with E-state index >= 15 is 0 Å². The molecule has 598 valence electrons. The number of phosphoric acid groups is 1. The molecule has 0 spiro atoms. The van der Waals surface area contributed by atoms with Crippen LogP contribution in [0.25, 0.3) is 0 Å². The van der Waals surface area contributed by atoms with Gasteiger partial charge < -0.3 is 20.1 Å². The van der Waals surface area contributed by atoms with E-state index in [2.05, 4.69) is 50.3 Å². The first-order valence-corrected chi connectivity index (χ1v) is 47.0. The minimum absolute atomic E-state index is 0.0571. The van der Waals surface area contributed by atoms with Crippen molar-refractivity contribution in [1.29, 1.82) is 0 Å². The number of hydrogen-bond acceptors (Lipinski definition) is 8. The van der Waals surface area contributed by atoms with Crippen molar-refractivity contribution in [3.63, 3.8) is 0 Å². The highest BCUT2D eigenvalue weighted by atomic mass is 31.2. The van der Waals surface area contributed by atoms with E-state index in [0.717, 1.165) is 44.9 Å². The molecule has 0 aromatic carbocycles. The summed E-state index contributed by atoms with van der Waals surface area (Å²) in [5, 5.41) is 0. The molecule has 0 saturated carbocycles. The number of nitrogens with two attached hydrogens (primary N) is 1. The molecule has 0 rings (SSSR count). The maximum Gasteiger partial charge on any atom is 0.472 e. The van der Waals surface area contributed by atoms with E-state index in [1.165, 1.54) is 424 Å². The summed E-state index contributed by atoms with van der Waals surface area (Å²) >= 11 is 0. The number of phosphoric ester groups is 1. The third-order valence-corrected chi connectivity index (χ3v) is 22.0. The zero-order valence-electron chi connectivity index (χ0n) is 67.9. The van der Waals surface area contributed by atoms with Crippen molar-refractivity contribution in [3.05, 3.63) is 36.5 Å². The minimum Gasteiger partial charge on any atom is -0.462 e. The van der Waals surface area contributed by atoms with Crippen LogP contribution in [0.3, 0.4) is 0 Å². The SMILES string of the molecule is CCCCCCC/C=C\C/C=C\C/C=C\CCCCCCCCCCCCCCCCCCCCCCCCCCC(=O)OC(COC(=O)CCCCCCCCCCCCCCCCCCCCCCCCCCCCCCCCCCCCCCCCCCC)COP(=O)(O)OCCN. The fourth-order valence-corrected chi connectivity index (χ4v) is 15.1. The first-order valence-electron chi connectivity index (χ1n) is 45.5. The van der Waals surface area contributed by atoms with Gasteiger partial charge in [0.1, 0.15) is 6.61 Å². The number of carbonyl (C=O) groups is 2. The Bertz CT molecular complexity index is 1750. The van der Waals surface area contributed by atoms with Crippen LogP contribution in [0.15, 0.2) is 36.5 Å². The van der Waals surface area contributed by atoms with E-state index in [9.17, 15) is 19.0 Å². The second-order valence-electron chi connectivity index (χ2n) is 31.2. The van der Waals surface area contributed by atoms with Gasteiger partial charge in [-0.1, -0.05) is 474 Å². The Morgan fingerprint density at radius 2 is 0.515 bits per heavy atom. The van der Waals surface area contributed by atoms with Crippen molar-refractivity contribution >= 4 is 19.8 Å². The fraction of sp³-hybridized carbons (Fsp3) is 0.912. The standard InChI is InChI=1S/C91H176NO8P/c1-3-5-7-9-11-13-15-17-19-21-23-25-27-29-31-33-35-37-39-41-43-44-46-47-49-51-53-55-57-59-61-63-65-67-69-71-73-75-77-79-81-83-90(93)97-87-89(88-99-101(95,96)98-86-85-92)100-91(94)84-82-80-78-76-74-72-70-68-66-64-62-60-58-56-54-52-50-48-45-42-40-38-36-34-32-30-28-26-24-22-20-18-16-14-12-10-8-6-4-2/h16,18,22,24,28,30,89H,3-15,17,19-21,23,25-27,29,31-88,92H2,1-2H3,(H,95,96)/b18-16-,24-22-,30-28-. The lowest BCUT2D eigenvalue weighted by Gasteiger charge is -2.19. The summed E-state index contributed by atoms with van der Waals surface area (Å²) in [6.45, 7) is 3.83. The van der Waals surface area contributed by atoms with E-state index in [1.54, 1.807) is 0 Å². The summed E-state index contributed by atoms with van der Waals surface area (Å²) in [7, 11) is -4.40. The highest BCUT2D eigenvalue weighted by Crippen LogP contribution is 2.43. The molecular weight excluding hydrogens is 1270 g/mol. The maximum absolute atomic E-state index is 12.8. The zero-order valence-corrected chi connectivity index (χ0v) is 68.8. The molecule has 2 atom stereocenters. The van der Waals surface area contributed by atoms with Crippen LogP contribution >= 0.6 is 7.82 Å². The van der Waals surface area contributed by atoms with Crippen LogP contribution in [0.2, 0.25) is 0 Å². The van der Waals surface area contributed by atoms with Crippen LogP contribution in [-0.4, -0.2) is 49.3 Å². The topological polar surface area (TPSA) is 134 Å². The molecule has 0 radical (unpaired) electrons. The number of hydrogen-bond donors (Lipinski definition) is 2. The second-order valence-corrected chi connectivity index (χ2v) is 32.6. The molecular formula is C91H176NO8P. The molecule has 2 unspecified atom stereocenters. The molecule has 0 fully saturated rings. The quantitative estimate of drug-likeness (QED) is 0.0264. The lowest BCUT2D eigenvalue weighted by Crippen LogP contribution is -2.29. The van der Waals surface area contributed by atoms with Crippen molar-refractivity contribution in [2.75, 3.05) is 26.4 Å². The number of carbonyl (C=O) groups excluding carboxylic acids is 2. The number of rotatable bonds is 88. The molecule has 0 aliphatic rings. The van der Waals surface area contributed by atoms with Gasteiger partial charge in [-0.3, -0.25) is 18.6 Å². The third-order valence-electron chi connectivity index (χ3n) is 21.0. The Kier molecular flexibility index (Phi) is 85.6. The smallest absolute Gasteiger partial charge is 0.462 e. The number of allylic oxidation sites excluding steroid dienone is 6. The van der Waals surface area contributed by atoms with Crippen molar-refractivity contribution in [3.8, 4) is 0 Å². The Hall–Kier alpha value is -1.77. The van der Waals surface area contributed by atoms with Crippen LogP contribution in [0.5, 0.6) is 0 Å². The molecule has 3 N–H and O–H groups in total. The van der Waals surface area contributed by atoms with Crippen LogP contribution in [0.4, 0.5) is 0 Å². The van der Waals surface area contributed by atoms with Gasteiger partial charge in [0, 0.05) is 19.4 Å². The number of unbranched alkanes of at least 4 members (excludes halogenated alkanes) is 69. The molecule has 0 aromatic rings. The van der Waals surface area contributed by atoms with Crippen LogP contribution in [0, 0.1) is 0 Å². The molecule has 101 heavy (non-hydrogen) atoms. The summed E-state index contributed by atoms with van der Waals surface area (Å²) in [5.41, 5.74) is 5.43. The van der Waals surface area contributed by atoms with Crippen LogP contribution in [0.1, 0.15) is 502 Å². The van der Waals surface area contributed by atoms with Gasteiger partial charge in [0.25, 0.3) is 0 Å². The Labute approximate surface area is 630 Å². The van der Waals surface area contributed by atoms with Gasteiger partial charge in [-0.05, 0) is 51.4 Å². The fourth-order valence-electron chi connectivity index (χ4n) is 14.3. The largest absolute Gasteiger partial charge is 0.472 e. The molecule has 0 aliphatic heterocycles. The highest BCUT2D eigenvalue weighted by molar-refractivity contribution is 7.47. The van der Waals surface area contributed by atoms with Crippen molar-refractivity contribution in [1.82, 2.24) is 0 Å². The van der Waals surface area contributed by atoms with E-state index in [1.807, 2.05) is 0 Å². The predicted molar refractivity (Wildman–Crippen MR) is 441 cm³/mol. The number of esters is 2. The van der Waals surface area contributed by atoms with Gasteiger partial charge in [-0.25, -0.2) is 4.57 Å². The first kappa shape index (κ1) is 99.2. The lowest BCUT2D eigenvalue weighted by atomic mass is 10.0. The summed E-state index contributed by atoms with van der Waals surface area (Å²) in [6.07, 6.45) is 114. The summed E-state index contributed by atoms with van der Waals surface area (Å²) in [6, 6.07) is 0. The summed E-state index contributed by atoms with van der Waals surface area (Å²) in [5.74, 6) is -0.797. The lowest BCUT2D eigenvalue weighted by molar-refractivity contribution is -0.161. The molecule has 0 heterocycles. The maximum atomic E-state index is 12.8. The molecule has 0 amide bonds. The zero-order chi connectivity index (χ0) is 72.9. The van der Waals surface area contributed by atoms with E-state index in [0.29, 0.717) is 6.42 Å². The predicted octanol–water partition coefficient (Wildman–Crippen LogP) is 30.9. The summed E-state index contributed by atoms with van der Waals surface area (Å²) < 4.78 is 33.4. The molecule has 9 nitrogen and oxygen atoms in total. The van der Waals surface area contributed by atoms with Crippen LogP contribution < -0.4 is 5.73 Å². The van der Waals surface area contributed by atoms with Gasteiger partial charge in [0.15, 0.2) is 6.10 Å². The van der Waals surface area contributed by atoms with Gasteiger partial charge in [0.2, 0.25) is 0 Å². The second kappa shape index (κ2) is 87.1.